The molecule has 0 saturated heterocycles. The first-order valence-corrected chi connectivity index (χ1v) is 9.69. The number of ether oxygens (including phenoxy) is 1. The van der Waals surface area contributed by atoms with E-state index in [1.807, 2.05) is 26.0 Å². The lowest BCUT2D eigenvalue weighted by Gasteiger charge is -2.25. The standard InChI is InChI=1S/C21H25FN2O3/c1-3-16(13-5-10-19(25)20(11-13)27-4-2)24-17-9-6-14(22)12-18(17)23(21(24)26)15-7-8-15/h5-6,9,11-12,15-16,19,25H,3-4,7-8,10H2,1-2H3/t16-,19?/m1/s1. The Labute approximate surface area is 157 Å². The Bertz CT molecular complexity index is 981. The van der Waals surface area contributed by atoms with Crippen molar-refractivity contribution in [3.8, 4) is 0 Å². The summed E-state index contributed by atoms with van der Waals surface area (Å²) >= 11 is 0. The minimum atomic E-state index is -0.648. The highest BCUT2D eigenvalue weighted by Crippen LogP contribution is 2.38. The maximum Gasteiger partial charge on any atom is 0.329 e. The van der Waals surface area contributed by atoms with E-state index in [0.717, 1.165) is 23.9 Å². The summed E-state index contributed by atoms with van der Waals surface area (Å²) in [4.78, 5) is 13.3. The van der Waals surface area contributed by atoms with Gasteiger partial charge < -0.3 is 9.84 Å². The number of allylic oxidation sites excluding steroid dienone is 2. The molecular formula is C21H25FN2O3. The van der Waals surface area contributed by atoms with Crippen LogP contribution < -0.4 is 5.69 Å². The third-order valence-corrected chi connectivity index (χ3v) is 5.39. The van der Waals surface area contributed by atoms with Crippen molar-refractivity contribution in [1.82, 2.24) is 9.13 Å². The molecule has 1 fully saturated rings. The van der Waals surface area contributed by atoms with Gasteiger partial charge in [-0.25, -0.2) is 9.18 Å². The molecule has 0 bridgehead atoms. The Kier molecular flexibility index (Phi) is 4.68. The summed E-state index contributed by atoms with van der Waals surface area (Å²) in [6.45, 7) is 4.39. The summed E-state index contributed by atoms with van der Waals surface area (Å²) < 4.78 is 23.0. The van der Waals surface area contributed by atoms with Crippen LogP contribution in [0.5, 0.6) is 0 Å². The summed E-state index contributed by atoms with van der Waals surface area (Å²) in [5.41, 5.74) is 2.26. The molecule has 0 spiro atoms. The second kappa shape index (κ2) is 7.00. The van der Waals surface area contributed by atoms with Gasteiger partial charge in [0.1, 0.15) is 17.7 Å². The Morgan fingerprint density at radius 2 is 2.07 bits per heavy atom. The molecule has 1 unspecified atom stereocenters. The van der Waals surface area contributed by atoms with Crippen LogP contribution in [0.25, 0.3) is 11.0 Å². The first-order valence-electron chi connectivity index (χ1n) is 9.69. The molecule has 5 nitrogen and oxygen atoms in total. The largest absolute Gasteiger partial charge is 0.495 e. The number of halogens is 1. The first kappa shape index (κ1) is 18.0. The molecule has 1 aromatic heterocycles. The Balaban J connectivity index is 1.85. The monoisotopic (exact) mass is 372 g/mol. The lowest BCUT2D eigenvalue weighted by molar-refractivity contribution is 0.107. The average molecular weight is 372 g/mol. The second-order valence-corrected chi connectivity index (χ2v) is 7.25. The van der Waals surface area contributed by atoms with E-state index in [0.29, 0.717) is 30.7 Å². The molecule has 0 aliphatic heterocycles. The third kappa shape index (κ3) is 3.12. The maximum atomic E-state index is 13.9. The maximum absolute atomic E-state index is 13.9. The fourth-order valence-electron chi connectivity index (χ4n) is 3.99. The van der Waals surface area contributed by atoms with E-state index in [1.165, 1.54) is 12.1 Å². The van der Waals surface area contributed by atoms with Crippen molar-refractivity contribution >= 4 is 11.0 Å². The molecular weight excluding hydrogens is 347 g/mol. The number of aromatic nitrogens is 2. The average Bonchev–Trinajstić information content (AvgIpc) is 3.44. The van der Waals surface area contributed by atoms with E-state index in [-0.39, 0.29) is 23.6 Å². The van der Waals surface area contributed by atoms with Crippen molar-refractivity contribution in [2.75, 3.05) is 6.61 Å². The Morgan fingerprint density at radius 1 is 1.30 bits per heavy atom. The molecule has 2 aliphatic carbocycles. The molecule has 144 valence electrons. The van der Waals surface area contributed by atoms with Crippen LogP contribution in [0, 0.1) is 5.82 Å². The lowest BCUT2D eigenvalue weighted by Crippen LogP contribution is -2.29. The molecule has 2 aromatic rings. The van der Waals surface area contributed by atoms with Crippen LogP contribution in [0.4, 0.5) is 4.39 Å². The molecule has 1 N–H and O–H groups in total. The predicted molar refractivity (Wildman–Crippen MR) is 102 cm³/mol. The Hall–Kier alpha value is -2.34. The van der Waals surface area contributed by atoms with Crippen molar-refractivity contribution in [3.05, 3.63) is 58.0 Å². The topological polar surface area (TPSA) is 56.4 Å². The van der Waals surface area contributed by atoms with Gasteiger partial charge in [-0.05, 0) is 62.5 Å². The molecule has 27 heavy (non-hydrogen) atoms. The number of hydrogen-bond acceptors (Lipinski definition) is 3. The minimum absolute atomic E-state index is 0.0941. The number of nitrogens with zero attached hydrogens (tertiary/aromatic N) is 2. The number of fused-ring (bicyclic) bond motifs is 1. The number of imidazole rings is 1. The highest BCUT2D eigenvalue weighted by atomic mass is 19.1. The zero-order valence-electron chi connectivity index (χ0n) is 15.7. The zero-order chi connectivity index (χ0) is 19.1. The first-order chi connectivity index (χ1) is 13.0. The van der Waals surface area contributed by atoms with Gasteiger partial charge in [0, 0.05) is 6.04 Å². The van der Waals surface area contributed by atoms with Gasteiger partial charge in [-0.3, -0.25) is 9.13 Å². The SMILES string of the molecule is CCOC1=CC([C@@H](CC)n2c(=O)n(C3CC3)c3cc(F)ccc32)=CCC1O. The van der Waals surface area contributed by atoms with Gasteiger partial charge in [0.15, 0.2) is 0 Å². The highest BCUT2D eigenvalue weighted by Gasteiger charge is 2.31. The van der Waals surface area contributed by atoms with Crippen LogP contribution in [-0.4, -0.2) is 27.0 Å². The lowest BCUT2D eigenvalue weighted by atomic mass is 9.95. The zero-order valence-corrected chi connectivity index (χ0v) is 15.7. The number of aliphatic hydroxyl groups excluding tert-OH is 1. The van der Waals surface area contributed by atoms with E-state index in [2.05, 4.69) is 0 Å². The van der Waals surface area contributed by atoms with Crippen LogP contribution in [0.2, 0.25) is 0 Å². The molecule has 0 amide bonds. The van der Waals surface area contributed by atoms with Crippen LogP contribution >= 0.6 is 0 Å². The van der Waals surface area contributed by atoms with Crippen LogP contribution in [0.1, 0.15) is 51.6 Å². The van der Waals surface area contributed by atoms with Crippen molar-refractivity contribution < 1.29 is 14.2 Å². The predicted octanol–water partition coefficient (Wildman–Crippen LogP) is 3.84. The van der Waals surface area contributed by atoms with Gasteiger partial charge in [0.25, 0.3) is 0 Å². The van der Waals surface area contributed by atoms with Crippen molar-refractivity contribution in [2.45, 2.75) is 57.7 Å². The van der Waals surface area contributed by atoms with E-state index in [9.17, 15) is 14.3 Å². The summed E-state index contributed by atoms with van der Waals surface area (Å²) in [7, 11) is 0. The number of benzene rings is 1. The summed E-state index contributed by atoms with van der Waals surface area (Å²) in [5, 5.41) is 10.1. The minimum Gasteiger partial charge on any atom is -0.495 e. The quantitative estimate of drug-likeness (QED) is 0.838. The highest BCUT2D eigenvalue weighted by molar-refractivity contribution is 5.77. The molecule has 1 saturated carbocycles. The molecule has 0 radical (unpaired) electrons. The van der Waals surface area contributed by atoms with Crippen LogP contribution in [-0.2, 0) is 4.74 Å². The summed E-state index contributed by atoms with van der Waals surface area (Å²) in [6, 6.07) is 4.53. The van der Waals surface area contributed by atoms with Crippen LogP contribution in [0.3, 0.4) is 0 Å². The smallest absolute Gasteiger partial charge is 0.329 e. The van der Waals surface area contributed by atoms with Gasteiger partial charge in [0.2, 0.25) is 0 Å². The molecule has 1 aromatic carbocycles. The van der Waals surface area contributed by atoms with Crippen molar-refractivity contribution in [2.24, 2.45) is 0 Å². The normalized spacial score (nSPS) is 21.1. The van der Waals surface area contributed by atoms with Gasteiger partial charge >= 0.3 is 5.69 Å². The van der Waals surface area contributed by atoms with E-state index < -0.39 is 6.10 Å². The van der Waals surface area contributed by atoms with E-state index >= 15 is 0 Å². The van der Waals surface area contributed by atoms with Crippen LogP contribution in [0.15, 0.2) is 46.5 Å². The fraction of sp³-hybridized carbons (Fsp3) is 0.476. The number of rotatable bonds is 6. The number of hydrogen-bond donors (Lipinski definition) is 1. The summed E-state index contributed by atoms with van der Waals surface area (Å²) in [5.74, 6) is 0.208. The van der Waals surface area contributed by atoms with Crippen molar-refractivity contribution in [1.29, 1.82) is 0 Å². The third-order valence-electron chi connectivity index (χ3n) is 5.39. The molecule has 2 aliphatic rings. The van der Waals surface area contributed by atoms with E-state index in [4.69, 9.17) is 4.74 Å². The molecule has 4 rings (SSSR count). The van der Waals surface area contributed by atoms with Gasteiger partial charge in [0.05, 0.1) is 23.7 Å². The summed E-state index contributed by atoms with van der Waals surface area (Å²) in [6.07, 6.45) is 6.25. The second-order valence-electron chi connectivity index (χ2n) is 7.25. The van der Waals surface area contributed by atoms with Gasteiger partial charge in [-0.1, -0.05) is 13.0 Å². The Morgan fingerprint density at radius 3 is 2.74 bits per heavy atom. The fourth-order valence-corrected chi connectivity index (χ4v) is 3.99. The van der Waals surface area contributed by atoms with Gasteiger partial charge in [-0.2, -0.15) is 0 Å². The van der Waals surface area contributed by atoms with E-state index in [1.54, 1.807) is 15.2 Å². The van der Waals surface area contributed by atoms with Crippen molar-refractivity contribution in [3.63, 3.8) is 0 Å². The molecule has 2 atom stereocenters. The molecule has 6 heteroatoms. The molecule has 1 heterocycles. The number of aliphatic hydroxyl groups is 1. The van der Waals surface area contributed by atoms with Gasteiger partial charge in [-0.15, -0.1) is 0 Å².